The predicted molar refractivity (Wildman–Crippen MR) is 73.4 cm³/mol. The highest BCUT2D eigenvalue weighted by atomic mass is 16.6. The number of likely N-dealkylation sites (tertiary alicyclic amines) is 1. The van der Waals surface area contributed by atoms with Gasteiger partial charge in [-0.2, -0.15) is 0 Å². The maximum atomic E-state index is 11.7. The number of carbonyl (C=O) groups excluding carboxylic acids is 2. The maximum Gasteiger partial charge on any atom is 0.307 e. The maximum absolute atomic E-state index is 11.7. The standard InChI is InChI=1S/C14H26N2O3/c1-10-5-6-11(13(15)18)9-16(10)8-7-12(17)19-14(2,3)4/h10-11H,5-9H2,1-4H3,(H2,15,18). The summed E-state index contributed by atoms with van der Waals surface area (Å²) in [5.41, 5.74) is 4.91. The van der Waals surface area contributed by atoms with E-state index in [0.29, 0.717) is 25.6 Å². The van der Waals surface area contributed by atoms with Gasteiger partial charge < -0.3 is 10.5 Å². The molecule has 0 saturated carbocycles. The summed E-state index contributed by atoms with van der Waals surface area (Å²) < 4.78 is 5.28. The van der Waals surface area contributed by atoms with Crippen LogP contribution in [0, 0.1) is 5.92 Å². The molecular formula is C14H26N2O3. The molecule has 0 radical (unpaired) electrons. The molecule has 2 unspecified atom stereocenters. The van der Waals surface area contributed by atoms with Crippen molar-refractivity contribution in [3.63, 3.8) is 0 Å². The van der Waals surface area contributed by atoms with Crippen molar-refractivity contribution in [3.05, 3.63) is 0 Å². The van der Waals surface area contributed by atoms with Crippen LogP contribution in [0.2, 0.25) is 0 Å². The molecule has 0 bridgehead atoms. The van der Waals surface area contributed by atoms with Gasteiger partial charge in [0.15, 0.2) is 0 Å². The molecular weight excluding hydrogens is 244 g/mol. The first-order valence-corrected chi connectivity index (χ1v) is 6.94. The molecule has 19 heavy (non-hydrogen) atoms. The second kappa shape index (κ2) is 6.37. The van der Waals surface area contributed by atoms with Crippen LogP contribution < -0.4 is 5.73 Å². The summed E-state index contributed by atoms with van der Waals surface area (Å²) in [5, 5.41) is 0. The van der Waals surface area contributed by atoms with E-state index in [0.717, 1.165) is 12.8 Å². The van der Waals surface area contributed by atoms with Crippen LogP contribution in [0.15, 0.2) is 0 Å². The van der Waals surface area contributed by atoms with Crippen molar-refractivity contribution in [1.82, 2.24) is 4.90 Å². The van der Waals surface area contributed by atoms with Gasteiger partial charge in [0.25, 0.3) is 0 Å². The first-order chi connectivity index (χ1) is 8.69. The Bertz CT molecular complexity index is 336. The Balaban J connectivity index is 2.42. The lowest BCUT2D eigenvalue weighted by Crippen LogP contribution is -2.46. The van der Waals surface area contributed by atoms with E-state index in [1.165, 1.54) is 0 Å². The van der Waals surface area contributed by atoms with Crippen LogP contribution >= 0.6 is 0 Å². The third kappa shape index (κ3) is 5.59. The Labute approximate surface area is 115 Å². The predicted octanol–water partition coefficient (Wildman–Crippen LogP) is 1.30. The fraction of sp³-hybridized carbons (Fsp3) is 0.857. The number of rotatable bonds is 4. The van der Waals surface area contributed by atoms with Crippen LogP contribution in [0.4, 0.5) is 0 Å². The van der Waals surface area contributed by atoms with Crippen molar-refractivity contribution in [1.29, 1.82) is 0 Å². The van der Waals surface area contributed by atoms with Crippen LogP contribution in [-0.2, 0) is 14.3 Å². The zero-order valence-electron chi connectivity index (χ0n) is 12.4. The highest BCUT2D eigenvalue weighted by molar-refractivity contribution is 5.77. The summed E-state index contributed by atoms with van der Waals surface area (Å²) in [6.07, 6.45) is 2.15. The quantitative estimate of drug-likeness (QED) is 0.782. The molecule has 1 heterocycles. The van der Waals surface area contributed by atoms with Gasteiger partial charge in [-0.1, -0.05) is 0 Å². The number of esters is 1. The molecule has 1 saturated heterocycles. The zero-order valence-corrected chi connectivity index (χ0v) is 12.4. The van der Waals surface area contributed by atoms with Crippen LogP contribution in [0.25, 0.3) is 0 Å². The van der Waals surface area contributed by atoms with Crippen LogP contribution in [0.3, 0.4) is 0 Å². The molecule has 5 heteroatoms. The molecule has 2 atom stereocenters. The van der Waals surface area contributed by atoms with E-state index in [9.17, 15) is 9.59 Å². The number of nitrogens with zero attached hydrogens (tertiary/aromatic N) is 1. The van der Waals surface area contributed by atoms with E-state index in [4.69, 9.17) is 10.5 Å². The molecule has 1 fully saturated rings. The van der Waals surface area contributed by atoms with Crippen molar-refractivity contribution >= 4 is 11.9 Å². The van der Waals surface area contributed by atoms with E-state index >= 15 is 0 Å². The monoisotopic (exact) mass is 270 g/mol. The summed E-state index contributed by atoms with van der Waals surface area (Å²) in [4.78, 5) is 25.1. The molecule has 0 aromatic rings. The van der Waals surface area contributed by atoms with Gasteiger partial charge in [0.1, 0.15) is 5.60 Å². The molecule has 0 aromatic heterocycles. The highest BCUT2D eigenvalue weighted by Gasteiger charge is 2.29. The fourth-order valence-corrected chi connectivity index (χ4v) is 2.35. The van der Waals surface area contributed by atoms with Crippen molar-refractivity contribution in [2.24, 2.45) is 11.7 Å². The van der Waals surface area contributed by atoms with Crippen molar-refractivity contribution in [3.8, 4) is 0 Å². The minimum absolute atomic E-state index is 0.0881. The van der Waals surface area contributed by atoms with Crippen molar-refractivity contribution in [2.75, 3.05) is 13.1 Å². The molecule has 1 aliphatic rings. The Morgan fingerprint density at radius 1 is 1.32 bits per heavy atom. The first kappa shape index (κ1) is 16.0. The summed E-state index contributed by atoms with van der Waals surface area (Å²) in [5.74, 6) is -0.523. The lowest BCUT2D eigenvalue weighted by molar-refractivity contribution is -0.155. The number of ether oxygens (including phenoxy) is 1. The van der Waals surface area contributed by atoms with E-state index in [2.05, 4.69) is 11.8 Å². The summed E-state index contributed by atoms with van der Waals surface area (Å²) in [6, 6.07) is 0.387. The van der Waals surface area contributed by atoms with Gasteiger partial charge in [0, 0.05) is 19.1 Å². The summed E-state index contributed by atoms with van der Waals surface area (Å²) >= 11 is 0. The van der Waals surface area contributed by atoms with Gasteiger partial charge >= 0.3 is 5.97 Å². The third-order valence-corrected chi connectivity index (χ3v) is 3.44. The van der Waals surface area contributed by atoms with Gasteiger partial charge in [0.2, 0.25) is 5.91 Å². The molecule has 110 valence electrons. The largest absolute Gasteiger partial charge is 0.460 e. The molecule has 1 rings (SSSR count). The fourth-order valence-electron chi connectivity index (χ4n) is 2.35. The third-order valence-electron chi connectivity index (χ3n) is 3.44. The lowest BCUT2D eigenvalue weighted by atomic mass is 9.93. The molecule has 1 aliphatic heterocycles. The topological polar surface area (TPSA) is 72.6 Å². The Morgan fingerprint density at radius 2 is 1.95 bits per heavy atom. The Kier molecular flexibility index (Phi) is 5.35. The van der Waals surface area contributed by atoms with Crippen LogP contribution in [0.5, 0.6) is 0 Å². The molecule has 5 nitrogen and oxygen atoms in total. The second-order valence-corrected chi connectivity index (χ2v) is 6.36. The highest BCUT2D eigenvalue weighted by Crippen LogP contribution is 2.22. The normalized spacial score (nSPS) is 25.1. The first-order valence-electron chi connectivity index (χ1n) is 6.94. The minimum atomic E-state index is -0.444. The number of piperidine rings is 1. The van der Waals surface area contributed by atoms with Gasteiger partial charge in [-0.05, 0) is 40.5 Å². The number of hydrogen-bond acceptors (Lipinski definition) is 4. The van der Waals surface area contributed by atoms with Gasteiger partial charge in [0.05, 0.1) is 12.3 Å². The number of primary amides is 1. The smallest absolute Gasteiger partial charge is 0.307 e. The second-order valence-electron chi connectivity index (χ2n) is 6.36. The van der Waals surface area contributed by atoms with Crippen LogP contribution in [-0.4, -0.2) is 41.5 Å². The average Bonchev–Trinajstić information content (AvgIpc) is 2.25. The molecule has 1 amide bonds. The van der Waals surface area contributed by atoms with E-state index in [1.54, 1.807) is 0 Å². The molecule has 0 spiro atoms. The Morgan fingerprint density at radius 3 is 2.47 bits per heavy atom. The van der Waals surface area contributed by atoms with Crippen LogP contribution in [0.1, 0.15) is 47.0 Å². The van der Waals surface area contributed by atoms with Gasteiger partial charge in [-0.15, -0.1) is 0 Å². The molecule has 0 aliphatic carbocycles. The van der Waals surface area contributed by atoms with E-state index < -0.39 is 5.60 Å². The van der Waals surface area contributed by atoms with Gasteiger partial charge in [-0.3, -0.25) is 14.5 Å². The number of nitrogens with two attached hydrogens (primary N) is 1. The minimum Gasteiger partial charge on any atom is -0.460 e. The van der Waals surface area contributed by atoms with Gasteiger partial charge in [-0.25, -0.2) is 0 Å². The number of hydrogen-bond donors (Lipinski definition) is 1. The average molecular weight is 270 g/mol. The van der Waals surface area contributed by atoms with E-state index in [-0.39, 0.29) is 17.8 Å². The number of carbonyl (C=O) groups is 2. The Hall–Kier alpha value is -1.10. The van der Waals surface area contributed by atoms with Crippen molar-refractivity contribution in [2.45, 2.75) is 58.6 Å². The molecule has 0 aromatic carbocycles. The molecule has 2 N–H and O–H groups in total. The van der Waals surface area contributed by atoms with Crippen molar-refractivity contribution < 1.29 is 14.3 Å². The summed E-state index contributed by atoms with van der Waals surface area (Å²) in [7, 11) is 0. The summed E-state index contributed by atoms with van der Waals surface area (Å²) in [6.45, 7) is 8.97. The van der Waals surface area contributed by atoms with E-state index in [1.807, 2.05) is 20.8 Å². The number of amides is 1. The zero-order chi connectivity index (χ0) is 14.6. The SMILES string of the molecule is CC1CCC(C(N)=O)CN1CCC(=O)OC(C)(C)C. The lowest BCUT2D eigenvalue weighted by Gasteiger charge is -2.36.